The van der Waals surface area contributed by atoms with Gasteiger partial charge >= 0.3 is 0 Å². The molecule has 1 aromatic rings. The van der Waals surface area contributed by atoms with Crippen molar-refractivity contribution in [2.24, 2.45) is 0 Å². The first kappa shape index (κ1) is 21.7. The molecule has 0 radical (unpaired) electrons. The summed E-state index contributed by atoms with van der Waals surface area (Å²) in [6, 6.07) is 7.93. The number of hydrogen-bond acceptors (Lipinski definition) is 5. The molecule has 1 fully saturated rings. The van der Waals surface area contributed by atoms with Crippen molar-refractivity contribution in [2.75, 3.05) is 38.2 Å². The monoisotopic (exact) mass is 396 g/mol. The molecule has 1 saturated heterocycles. The summed E-state index contributed by atoms with van der Waals surface area (Å²) in [6.07, 6.45) is 1.32. The molecule has 152 valence electrons. The molecule has 6 nitrogen and oxygen atoms in total. The summed E-state index contributed by atoms with van der Waals surface area (Å²) in [6.45, 7) is 8.12. The highest BCUT2D eigenvalue weighted by molar-refractivity contribution is 7.91. The van der Waals surface area contributed by atoms with Crippen LogP contribution in [0.3, 0.4) is 0 Å². The van der Waals surface area contributed by atoms with E-state index in [1.54, 1.807) is 0 Å². The van der Waals surface area contributed by atoms with Gasteiger partial charge in [0.1, 0.15) is 5.75 Å². The third-order valence-corrected chi connectivity index (χ3v) is 6.45. The SMILES string of the molecule is CN(CCCOc1ccc(C(C)(C)C)cc1)CC(=O)NC1CCS(=O)(=O)C1. The van der Waals surface area contributed by atoms with E-state index in [0.29, 0.717) is 13.0 Å². The third kappa shape index (κ3) is 7.50. The Morgan fingerprint density at radius 3 is 2.48 bits per heavy atom. The van der Waals surface area contributed by atoms with Crippen LogP contribution in [-0.4, -0.2) is 63.5 Å². The number of sulfone groups is 1. The number of rotatable bonds is 8. The number of hydrogen-bond donors (Lipinski definition) is 1. The fraction of sp³-hybridized carbons (Fsp3) is 0.650. The lowest BCUT2D eigenvalue weighted by atomic mass is 9.87. The van der Waals surface area contributed by atoms with E-state index in [2.05, 4.69) is 38.2 Å². The van der Waals surface area contributed by atoms with E-state index < -0.39 is 9.84 Å². The fourth-order valence-electron chi connectivity index (χ4n) is 3.08. The van der Waals surface area contributed by atoms with E-state index in [0.717, 1.165) is 18.7 Å². The highest BCUT2D eigenvalue weighted by Crippen LogP contribution is 2.24. The van der Waals surface area contributed by atoms with E-state index >= 15 is 0 Å². The number of nitrogens with one attached hydrogen (secondary N) is 1. The van der Waals surface area contributed by atoms with Crippen LogP contribution in [0.25, 0.3) is 0 Å². The first-order valence-electron chi connectivity index (χ1n) is 9.47. The van der Waals surface area contributed by atoms with E-state index in [1.807, 2.05) is 24.1 Å². The van der Waals surface area contributed by atoms with Gasteiger partial charge in [0.25, 0.3) is 0 Å². The number of nitrogens with zero attached hydrogens (tertiary/aromatic N) is 1. The standard InChI is InChI=1S/C20H32N2O4S/c1-20(2,3)16-6-8-18(9-7-16)26-12-5-11-22(4)14-19(23)21-17-10-13-27(24,25)15-17/h6-9,17H,5,10-15H2,1-4H3,(H,21,23). The summed E-state index contributed by atoms with van der Waals surface area (Å²) in [7, 11) is -1.09. The molecule has 1 amide bonds. The van der Waals surface area contributed by atoms with Crippen LogP contribution in [0, 0.1) is 0 Å². The second kappa shape index (κ2) is 9.06. The zero-order valence-corrected chi connectivity index (χ0v) is 17.6. The molecule has 0 aromatic heterocycles. The van der Waals surface area contributed by atoms with Gasteiger partial charge in [-0.05, 0) is 43.0 Å². The molecule has 1 unspecified atom stereocenters. The minimum absolute atomic E-state index is 0.0598. The van der Waals surface area contributed by atoms with Gasteiger partial charge < -0.3 is 10.1 Å². The van der Waals surface area contributed by atoms with Gasteiger partial charge in [0.2, 0.25) is 5.91 Å². The predicted octanol–water partition coefficient (Wildman–Crippen LogP) is 1.99. The van der Waals surface area contributed by atoms with Gasteiger partial charge in [-0.2, -0.15) is 0 Å². The van der Waals surface area contributed by atoms with Crippen LogP contribution in [0.2, 0.25) is 0 Å². The van der Waals surface area contributed by atoms with Crippen LogP contribution >= 0.6 is 0 Å². The highest BCUT2D eigenvalue weighted by atomic mass is 32.2. The molecule has 1 aliphatic rings. The molecule has 7 heteroatoms. The quantitative estimate of drug-likeness (QED) is 0.680. The molecule has 27 heavy (non-hydrogen) atoms. The molecule has 1 heterocycles. The van der Waals surface area contributed by atoms with Crippen molar-refractivity contribution in [2.45, 2.75) is 45.1 Å². The molecule has 1 atom stereocenters. The number of likely N-dealkylation sites (N-methyl/N-ethyl adjacent to an activating group) is 1. The lowest BCUT2D eigenvalue weighted by Gasteiger charge is -2.19. The topological polar surface area (TPSA) is 75.7 Å². The Balaban J connectivity index is 1.63. The van der Waals surface area contributed by atoms with Crippen LogP contribution in [0.4, 0.5) is 0 Å². The van der Waals surface area contributed by atoms with Crippen molar-refractivity contribution in [3.63, 3.8) is 0 Å². The van der Waals surface area contributed by atoms with Crippen molar-refractivity contribution in [1.29, 1.82) is 0 Å². The maximum absolute atomic E-state index is 12.0. The van der Waals surface area contributed by atoms with Gasteiger partial charge in [-0.15, -0.1) is 0 Å². The second-order valence-corrected chi connectivity index (χ2v) is 10.6. The van der Waals surface area contributed by atoms with E-state index in [-0.39, 0.29) is 35.4 Å². The number of carbonyl (C=O) groups is 1. The van der Waals surface area contributed by atoms with Crippen molar-refractivity contribution >= 4 is 15.7 Å². The predicted molar refractivity (Wildman–Crippen MR) is 108 cm³/mol. The third-order valence-electron chi connectivity index (χ3n) is 4.68. The van der Waals surface area contributed by atoms with E-state index in [9.17, 15) is 13.2 Å². The minimum Gasteiger partial charge on any atom is -0.494 e. The lowest BCUT2D eigenvalue weighted by Crippen LogP contribution is -2.41. The van der Waals surface area contributed by atoms with E-state index in [1.165, 1.54) is 5.56 Å². The van der Waals surface area contributed by atoms with Crippen LogP contribution in [0.5, 0.6) is 5.75 Å². The number of amides is 1. The maximum Gasteiger partial charge on any atom is 0.234 e. The van der Waals surface area contributed by atoms with Gasteiger partial charge in [0.15, 0.2) is 9.84 Å². The fourth-order valence-corrected chi connectivity index (χ4v) is 4.76. The molecule has 1 aliphatic heterocycles. The highest BCUT2D eigenvalue weighted by Gasteiger charge is 2.28. The second-order valence-electron chi connectivity index (χ2n) is 8.38. The summed E-state index contributed by atoms with van der Waals surface area (Å²) in [5.41, 5.74) is 1.40. The summed E-state index contributed by atoms with van der Waals surface area (Å²) >= 11 is 0. The summed E-state index contributed by atoms with van der Waals surface area (Å²) in [5, 5.41) is 2.81. The Hall–Kier alpha value is -1.60. The Bertz CT molecular complexity index is 723. The minimum atomic E-state index is -2.97. The van der Waals surface area contributed by atoms with Crippen molar-refractivity contribution in [1.82, 2.24) is 10.2 Å². The maximum atomic E-state index is 12.0. The molecule has 1 N–H and O–H groups in total. The number of ether oxygens (including phenoxy) is 1. The number of benzene rings is 1. The molecule has 0 bridgehead atoms. The van der Waals surface area contributed by atoms with Crippen LogP contribution < -0.4 is 10.1 Å². The van der Waals surface area contributed by atoms with Crippen LogP contribution in [-0.2, 0) is 20.0 Å². The van der Waals surface area contributed by atoms with Crippen molar-refractivity contribution in [3.05, 3.63) is 29.8 Å². The average molecular weight is 397 g/mol. The van der Waals surface area contributed by atoms with Gasteiger partial charge in [-0.1, -0.05) is 32.9 Å². The molecular formula is C20H32N2O4S. The van der Waals surface area contributed by atoms with Crippen molar-refractivity contribution in [3.8, 4) is 5.75 Å². The zero-order valence-electron chi connectivity index (χ0n) is 16.8. The molecule has 0 spiro atoms. The molecule has 1 aromatic carbocycles. The molecule has 0 saturated carbocycles. The zero-order chi connectivity index (χ0) is 20.1. The Morgan fingerprint density at radius 2 is 1.93 bits per heavy atom. The number of carbonyl (C=O) groups excluding carboxylic acids is 1. The van der Waals surface area contributed by atoms with E-state index in [4.69, 9.17) is 4.74 Å². The molecule has 2 rings (SSSR count). The normalized spacial score (nSPS) is 19.2. The van der Waals surface area contributed by atoms with Crippen LogP contribution in [0.1, 0.15) is 39.2 Å². The van der Waals surface area contributed by atoms with Crippen LogP contribution in [0.15, 0.2) is 24.3 Å². The lowest BCUT2D eigenvalue weighted by molar-refractivity contribution is -0.122. The first-order chi connectivity index (χ1) is 12.5. The van der Waals surface area contributed by atoms with Gasteiger partial charge in [-0.25, -0.2) is 8.42 Å². The smallest absolute Gasteiger partial charge is 0.234 e. The first-order valence-corrected chi connectivity index (χ1v) is 11.3. The average Bonchev–Trinajstić information content (AvgIpc) is 2.89. The largest absolute Gasteiger partial charge is 0.494 e. The summed E-state index contributed by atoms with van der Waals surface area (Å²) < 4.78 is 28.6. The Kier molecular flexibility index (Phi) is 7.28. The summed E-state index contributed by atoms with van der Waals surface area (Å²) in [5.74, 6) is 0.954. The summed E-state index contributed by atoms with van der Waals surface area (Å²) in [4.78, 5) is 13.9. The van der Waals surface area contributed by atoms with Gasteiger partial charge in [0.05, 0.1) is 24.7 Å². The Morgan fingerprint density at radius 1 is 1.26 bits per heavy atom. The molecular weight excluding hydrogens is 364 g/mol. The van der Waals surface area contributed by atoms with Gasteiger partial charge in [-0.3, -0.25) is 9.69 Å². The molecule has 0 aliphatic carbocycles. The Labute approximate surface area is 163 Å². The van der Waals surface area contributed by atoms with Crippen molar-refractivity contribution < 1.29 is 17.9 Å². The van der Waals surface area contributed by atoms with Gasteiger partial charge in [0, 0.05) is 12.6 Å².